The summed E-state index contributed by atoms with van der Waals surface area (Å²) in [4.78, 5) is 25.5. The average Bonchev–Trinajstić information content (AvgIpc) is 3.33. The average molecular weight is 504 g/mol. The van der Waals surface area contributed by atoms with Gasteiger partial charge in [-0.05, 0) is 48.9 Å². The number of anilines is 3. The number of carbonyl (C=O) groups is 1. The first kappa shape index (κ1) is 23.7. The molecule has 0 radical (unpaired) electrons. The van der Waals surface area contributed by atoms with Crippen LogP contribution in [0.4, 0.5) is 30.4 Å². The molecule has 0 saturated heterocycles. The summed E-state index contributed by atoms with van der Waals surface area (Å²) in [5.41, 5.74) is 13.8. The number of nitrogens with one attached hydrogen (secondary N) is 2. The molecule has 12 heteroatoms. The minimum absolute atomic E-state index is 0.00988. The molecule has 5 rings (SSSR count). The highest BCUT2D eigenvalue weighted by Gasteiger charge is 2.30. The lowest BCUT2D eigenvalue weighted by Crippen LogP contribution is -2.18. The molecule has 0 fully saturated rings. The SMILES string of the molecule is Cc1ccc2[nH]ncc2c1-c1nc(-c2cccnc2Nc2cccc(C(F)(F)F)c2)nc(C(N)=O)c1N. The van der Waals surface area contributed by atoms with Crippen LogP contribution in [0.25, 0.3) is 33.5 Å². The number of rotatable bonds is 5. The maximum atomic E-state index is 13.2. The molecule has 0 aliphatic carbocycles. The molecule has 37 heavy (non-hydrogen) atoms. The third kappa shape index (κ3) is 4.40. The van der Waals surface area contributed by atoms with Gasteiger partial charge in [0.15, 0.2) is 11.5 Å². The lowest BCUT2D eigenvalue weighted by atomic mass is 9.99. The van der Waals surface area contributed by atoms with Crippen molar-refractivity contribution in [2.24, 2.45) is 5.73 Å². The standard InChI is InChI=1S/C25H19F3N8O/c1-12-7-8-17-16(11-32-36-17)18(12)20-19(29)21(22(30)37)35-24(34-20)15-6-3-9-31-23(15)33-14-5-2-4-13(10-14)25(26,27)28/h2-11H,29H2,1H3,(H2,30,37)(H,31,33)(H,32,36). The number of hydrogen-bond acceptors (Lipinski definition) is 7. The molecule has 3 heterocycles. The molecule has 2 aromatic carbocycles. The van der Waals surface area contributed by atoms with Gasteiger partial charge in [0, 0.05) is 22.8 Å². The number of pyridine rings is 1. The van der Waals surface area contributed by atoms with Gasteiger partial charge in [-0.1, -0.05) is 12.1 Å². The summed E-state index contributed by atoms with van der Waals surface area (Å²) in [5, 5.41) is 10.6. The maximum Gasteiger partial charge on any atom is 0.416 e. The van der Waals surface area contributed by atoms with Crippen molar-refractivity contribution in [1.29, 1.82) is 0 Å². The van der Waals surface area contributed by atoms with E-state index in [-0.39, 0.29) is 34.4 Å². The normalized spacial score (nSPS) is 11.6. The van der Waals surface area contributed by atoms with Crippen LogP contribution < -0.4 is 16.8 Å². The zero-order valence-electron chi connectivity index (χ0n) is 19.3. The van der Waals surface area contributed by atoms with Gasteiger partial charge >= 0.3 is 6.18 Å². The van der Waals surface area contributed by atoms with Crippen LogP contribution in [0.1, 0.15) is 21.6 Å². The Balaban J connectivity index is 1.69. The molecule has 0 unspecified atom stereocenters. The molecule has 0 spiro atoms. The second kappa shape index (κ2) is 8.90. The van der Waals surface area contributed by atoms with Crippen molar-refractivity contribution in [2.75, 3.05) is 11.1 Å². The topological polar surface area (TPSA) is 148 Å². The van der Waals surface area contributed by atoms with Crippen molar-refractivity contribution < 1.29 is 18.0 Å². The quantitative estimate of drug-likeness (QED) is 0.268. The number of fused-ring (bicyclic) bond motifs is 1. The molecule has 0 saturated carbocycles. The lowest BCUT2D eigenvalue weighted by Gasteiger charge is -2.16. The number of halogens is 3. The summed E-state index contributed by atoms with van der Waals surface area (Å²) in [7, 11) is 0. The van der Waals surface area contributed by atoms with Crippen LogP contribution in [-0.2, 0) is 6.18 Å². The van der Waals surface area contributed by atoms with Crippen molar-refractivity contribution in [3.05, 3.63) is 77.7 Å². The summed E-state index contributed by atoms with van der Waals surface area (Å²) in [6.07, 6.45) is -1.43. The summed E-state index contributed by atoms with van der Waals surface area (Å²) in [6.45, 7) is 1.86. The largest absolute Gasteiger partial charge is 0.416 e. The Morgan fingerprint density at radius 1 is 1.08 bits per heavy atom. The number of hydrogen-bond donors (Lipinski definition) is 4. The van der Waals surface area contributed by atoms with Crippen molar-refractivity contribution in [3.63, 3.8) is 0 Å². The third-order valence-electron chi connectivity index (χ3n) is 5.75. The Hall–Kier alpha value is -5.00. The van der Waals surface area contributed by atoms with Gasteiger partial charge in [0.05, 0.1) is 34.2 Å². The molecule has 0 aliphatic heterocycles. The predicted molar refractivity (Wildman–Crippen MR) is 133 cm³/mol. The van der Waals surface area contributed by atoms with E-state index in [0.29, 0.717) is 11.1 Å². The van der Waals surface area contributed by atoms with Crippen LogP contribution in [0.2, 0.25) is 0 Å². The van der Waals surface area contributed by atoms with E-state index in [9.17, 15) is 18.0 Å². The van der Waals surface area contributed by atoms with Gasteiger partial charge in [0.1, 0.15) is 5.82 Å². The van der Waals surface area contributed by atoms with E-state index in [1.165, 1.54) is 18.3 Å². The first-order chi connectivity index (χ1) is 17.6. The van der Waals surface area contributed by atoms with Crippen LogP contribution in [0.5, 0.6) is 0 Å². The van der Waals surface area contributed by atoms with Crippen molar-refractivity contribution in [2.45, 2.75) is 13.1 Å². The number of alkyl halides is 3. The Kier molecular flexibility index (Phi) is 5.71. The van der Waals surface area contributed by atoms with Gasteiger partial charge in [-0.2, -0.15) is 18.3 Å². The molecule has 5 aromatic rings. The van der Waals surface area contributed by atoms with E-state index in [4.69, 9.17) is 11.5 Å². The van der Waals surface area contributed by atoms with Gasteiger partial charge < -0.3 is 16.8 Å². The monoisotopic (exact) mass is 504 g/mol. The molecule has 9 nitrogen and oxygen atoms in total. The van der Waals surface area contributed by atoms with Gasteiger partial charge in [-0.15, -0.1) is 0 Å². The van der Waals surface area contributed by atoms with Gasteiger partial charge in [-0.25, -0.2) is 15.0 Å². The number of primary amides is 1. The van der Waals surface area contributed by atoms with Crippen LogP contribution in [-0.4, -0.2) is 31.1 Å². The van der Waals surface area contributed by atoms with E-state index >= 15 is 0 Å². The number of nitrogen functional groups attached to an aromatic ring is 1. The number of aromatic nitrogens is 5. The number of nitrogens with two attached hydrogens (primary N) is 2. The smallest absolute Gasteiger partial charge is 0.395 e. The Bertz CT molecular complexity index is 1660. The third-order valence-corrected chi connectivity index (χ3v) is 5.75. The summed E-state index contributed by atoms with van der Waals surface area (Å²) < 4.78 is 39.6. The van der Waals surface area contributed by atoms with Crippen molar-refractivity contribution in [3.8, 4) is 22.6 Å². The van der Waals surface area contributed by atoms with Crippen LogP contribution >= 0.6 is 0 Å². The van der Waals surface area contributed by atoms with Crippen LogP contribution in [0, 0.1) is 6.92 Å². The van der Waals surface area contributed by atoms with E-state index in [1.54, 1.807) is 18.3 Å². The molecule has 0 bridgehead atoms. The maximum absolute atomic E-state index is 13.2. The highest BCUT2D eigenvalue weighted by atomic mass is 19.4. The van der Waals surface area contributed by atoms with Crippen molar-refractivity contribution in [1.82, 2.24) is 25.1 Å². The second-order valence-electron chi connectivity index (χ2n) is 8.21. The van der Waals surface area contributed by atoms with E-state index in [0.717, 1.165) is 28.6 Å². The van der Waals surface area contributed by atoms with Crippen LogP contribution in [0.3, 0.4) is 0 Å². The molecule has 3 aromatic heterocycles. The predicted octanol–water partition coefficient (Wildman–Crippen LogP) is 4.83. The van der Waals surface area contributed by atoms with Gasteiger partial charge in [-0.3, -0.25) is 9.89 Å². The molecule has 1 amide bonds. The number of aromatic amines is 1. The highest BCUT2D eigenvalue weighted by molar-refractivity contribution is 6.04. The molecule has 6 N–H and O–H groups in total. The summed E-state index contributed by atoms with van der Waals surface area (Å²) in [5.74, 6) is -0.637. The Labute approximate surface area is 207 Å². The number of carbonyl (C=O) groups excluding carboxylic acids is 1. The molecule has 0 atom stereocenters. The first-order valence-corrected chi connectivity index (χ1v) is 10.9. The fourth-order valence-corrected chi connectivity index (χ4v) is 4.00. The minimum Gasteiger partial charge on any atom is -0.395 e. The zero-order chi connectivity index (χ0) is 26.3. The second-order valence-corrected chi connectivity index (χ2v) is 8.21. The zero-order valence-corrected chi connectivity index (χ0v) is 19.3. The highest BCUT2D eigenvalue weighted by Crippen LogP contribution is 2.37. The molecule has 0 aliphatic rings. The summed E-state index contributed by atoms with van der Waals surface area (Å²) in [6, 6.07) is 11.6. The fraction of sp³-hybridized carbons (Fsp3) is 0.0800. The van der Waals surface area contributed by atoms with Crippen molar-refractivity contribution >= 4 is 34.0 Å². The number of aryl methyl sites for hydroxylation is 1. The molecular formula is C25H19F3N8O. The summed E-state index contributed by atoms with van der Waals surface area (Å²) >= 11 is 0. The molecule has 186 valence electrons. The van der Waals surface area contributed by atoms with Crippen LogP contribution in [0.15, 0.2) is 60.9 Å². The van der Waals surface area contributed by atoms with Gasteiger partial charge in [0.2, 0.25) is 0 Å². The number of H-pyrrole nitrogens is 1. The number of amides is 1. The van der Waals surface area contributed by atoms with Gasteiger partial charge in [0.25, 0.3) is 5.91 Å². The first-order valence-electron chi connectivity index (χ1n) is 10.9. The Morgan fingerprint density at radius 3 is 2.65 bits per heavy atom. The minimum atomic E-state index is -4.51. The molecular weight excluding hydrogens is 485 g/mol. The van der Waals surface area contributed by atoms with E-state index in [2.05, 4.69) is 30.5 Å². The van der Waals surface area contributed by atoms with E-state index in [1.807, 2.05) is 19.1 Å². The number of benzene rings is 2. The van der Waals surface area contributed by atoms with E-state index < -0.39 is 17.6 Å². The lowest BCUT2D eigenvalue weighted by molar-refractivity contribution is -0.137. The number of nitrogens with zero attached hydrogens (tertiary/aromatic N) is 4. The Morgan fingerprint density at radius 2 is 1.89 bits per heavy atom. The fourth-order valence-electron chi connectivity index (χ4n) is 4.00.